The Morgan fingerprint density at radius 3 is 2.37 bits per heavy atom. The van der Waals surface area contributed by atoms with Gasteiger partial charge in [0.15, 0.2) is 0 Å². The lowest BCUT2D eigenvalue weighted by Gasteiger charge is -2.30. The Balaban J connectivity index is 2.11. The van der Waals surface area contributed by atoms with E-state index in [-0.39, 0.29) is 35.3 Å². The Kier molecular flexibility index (Phi) is 8.41. The molecule has 2 aromatic rings. The van der Waals surface area contributed by atoms with Gasteiger partial charge < -0.3 is 10.1 Å². The van der Waals surface area contributed by atoms with Crippen LogP contribution in [0.15, 0.2) is 36.4 Å². The van der Waals surface area contributed by atoms with Crippen molar-refractivity contribution in [1.29, 1.82) is 0 Å². The molecule has 164 valence electrons. The number of hydrogen-bond acceptors (Lipinski definition) is 4. The summed E-state index contributed by atoms with van der Waals surface area (Å²) in [6.07, 6.45) is 1.31. The second-order valence-corrected chi connectivity index (χ2v) is 9.68. The van der Waals surface area contributed by atoms with Gasteiger partial charge in [0.2, 0.25) is 15.9 Å². The highest BCUT2D eigenvalue weighted by atomic mass is 35.5. The summed E-state index contributed by atoms with van der Waals surface area (Å²) in [5.74, 6) is 0.325. The number of anilines is 1. The molecule has 1 N–H and O–H groups in total. The van der Waals surface area contributed by atoms with Gasteiger partial charge in [0, 0.05) is 10.0 Å². The molecule has 9 heteroatoms. The minimum absolute atomic E-state index is 0.233. The molecular weight excluding hydrogens is 447 g/mol. The lowest BCUT2D eigenvalue weighted by Crippen LogP contribution is -2.50. The van der Waals surface area contributed by atoms with Crippen LogP contribution in [0.25, 0.3) is 0 Å². The maximum absolute atomic E-state index is 12.8. The highest BCUT2D eigenvalue weighted by Gasteiger charge is 2.31. The van der Waals surface area contributed by atoms with Gasteiger partial charge in [-0.15, -0.1) is 0 Å². The summed E-state index contributed by atoms with van der Waals surface area (Å²) >= 11 is 12.1. The van der Waals surface area contributed by atoms with Crippen molar-refractivity contribution in [3.8, 4) is 5.75 Å². The highest BCUT2D eigenvalue weighted by molar-refractivity contribution is 7.92. The van der Waals surface area contributed by atoms with Crippen LogP contribution in [0.4, 0.5) is 5.69 Å². The van der Waals surface area contributed by atoms with E-state index in [0.29, 0.717) is 0 Å². The first-order chi connectivity index (χ1) is 14.0. The number of nitrogens with zero attached hydrogens (tertiary/aromatic N) is 1. The number of halogens is 2. The third kappa shape index (κ3) is 6.27. The number of amides is 1. The standard InChI is InChI=1S/C21H26Cl2N2O4S/c1-5-19(25(30(4,27)28)18-12-16(22)11-17(23)13-18)21(26)24-9-10-29-20-8-6-7-14(2)15(20)3/h6-8,11-13,19H,5,9-10H2,1-4H3,(H,24,26)/t19-/m0/s1. The second kappa shape index (κ2) is 10.4. The normalized spacial score (nSPS) is 12.3. The van der Waals surface area contributed by atoms with E-state index in [9.17, 15) is 13.2 Å². The average molecular weight is 473 g/mol. The van der Waals surface area contributed by atoms with Crippen molar-refractivity contribution in [3.05, 3.63) is 57.6 Å². The number of rotatable bonds is 9. The van der Waals surface area contributed by atoms with Crippen molar-refractivity contribution < 1.29 is 17.9 Å². The molecule has 1 amide bonds. The van der Waals surface area contributed by atoms with E-state index in [2.05, 4.69) is 5.32 Å². The summed E-state index contributed by atoms with van der Waals surface area (Å²) in [4.78, 5) is 12.8. The van der Waals surface area contributed by atoms with Gasteiger partial charge in [-0.2, -0.15) is 0 Å². The molecule has 0 aromatic heterocycles. The molecule has 1 atom stereocenters. The molecule has 0 aliphatic rings. The number of carbonyl (C=O) groups is 1. The van der Waals surface area contributed by atoms with Gasteiger partial charge in [-0.1, -0.05) is 42.3 Å². The number of aryl methyl sites for hydroxylation is 1. The van der Waals surface area contributed by atoms with E-state index >= 15 is 0 Å². The van der Waals surface area contributed by atoms with Crippen LogP contribution in [0.1, 0.15) is 24.5 Å². The summed E-state index contributed by atoms with van der Waals surface area (Å²) < 4.78 is 31.7. The molecule has 0 unspecified atom stereocenters. The molecule has 0 bridgehead atoms. The van der Waals surface area contributed by atoms with E-state index in [1.807, 2.05) is 32.0 Å². The number of carbonyl (C=O) groups excluding carboxylic acids is 1. The molecule has 0 aliphatic heterocycles. The third-order valence-electron chi connectivity index (χ3n) is 4.65. The number of nitrogens with one attached hydrogen (secondary N) is 1. The maximum Gasteiger partial charge on any atom is 0.244 e. The van der Waals surface area contributed by atoms with E-state index < -0.39 is 22.0 Å². The lowest BCUT2D eigenvalue weighted by atomic mass is 10.1. The van der Waals surface area contributed by atoms with Crippen LogP contribution in [0.3, 0.4) is 0 Å². The van der Waals surface area contributed by atoms with Gasteiger partial charge in [-0.3, -0.25) is 9.10 Å². The number of sulfonamides is 1. The van der Waals surface area contributed by atoms with Crippen molar-refractivity contribution in [2.75, 3.05) is 23.7 Å². The Hall–Kier alpha value is -1.96. The van der Waals surface area contributed by atoms with E-state index in [1.54, 1.807) is 6.92 Å². The third-order valence-corrected chi connectivity index (χ3v) is 6.26. The van der Waals surface area contributed by atoms with Crippen LogP contribution in [0.2, 0.25) is 10.0 Å². The van der Waals surface area contributed by atoms with Gasteiger partial charge in [0.05, 0.1) is 18.5 Å². The molecule has 0 aliphatic carbocycles. The number of ether oxygens (including phenoxy) is 1. The fraction of sp³-hybridized carbons (Fsp3) is 0.381. The van der Waals surface area contributed by atoms with Crippen LogP contribution in [0, 0.1) is 13.8 Å². The summed E-state index contributed by atoms with van der Waals surface area (Å²) in [6, 6.07) is 9.25. The number of hydrogen-bond donors (Lipinski definition) is 1. The fourth-order valence-corrected chi connectivity index (χ4v) is 4.77. The summed E-state index contributed by atoms with van der Waals surface area (Å²) in [5, 5.41) is 3.32. The number of benzene rings is 2. The van der Waals surface area contributed by atoms with Gasteiger partial charge in [0.1, 0.15) is 18.4 Å². The van der Waals surface area contributed by atoms with Crippen LogP contribution < -0.4 is 14.4 Å². The Morgan fingerprint density at radius 1 is 1.17 bits per heavy atom. The summed E-state index contributed by atoms with van der Waals surface area (Å²) in [6.45, 7) is 6.19. The molecule has 6 nitrogen and oxygen atoms in total. The Morgan fingerprint density at radius 2 is 1.80 bits per heavy atom. The zero-order valence-electron chi connectivity index (χ0n) is 17.4. The quantitative estimate of drug-likeness (QED) is 0.550. The van der Waals surface area contributed by atoms with Crippen LogP contribution in [-0.2, 0) is 14.8 Å². The molecule has 0 radical (unpaired) electrons. The van der Waals surface area contributed by atoms with Gasteiger partial charge in [-0.05, 0) is 55.7 Å². The monoisotopic (exact) mass is 472 g/mol. The van der Waals surface area contributed by atoms with Crippen molar-refractivity contribution in [3.63, 3.8) is 0 Å². The summed E-state index contributed by atoms with van der Waals surface area (Å²) in [7, 11) is -3.77. The Bertz CT molecular complexity index is 992. The average Bonchev–Trinajstić information content (AvgIpc) is 2.64. The first kappa shape index (κ1) is 24.3. The smallest absolute Gasteiger partial charge is 0.244 e. The molecule has 2 rings (SSSR count). The van der Waals surface area contributed by atoms with Gasteiger partial charge >= 0.3 is 0 Å². The first-order valence-electron chi connectivity index (χ1n) is 9.46. The second-order valence-electron chi connectivity index (χ2n) is 6.95. The zero-order valence-corrected chi connectivity index (χ0v) is 19.7. The van der Waals surface area contributed by atoms with Crippen LogP contribution in [-0.4, -0.2) is 39.8 Å². The predicted molar refractivity (Wildman–Crippen MR) is 122 cm³/mol. The fourth-order valence-electron chi connectivity index (χ4n) is 3.06. The minimum atomic E-state index is -3.77. The zero-order chi connectivity index (χ0) is 22.5. The van der Waals surface area contributed by atoms with E-state index in [1.165, 1.54) is 18.2 Å². The first-order valence-corrected chi connectivity index (χ1v) is 12.1. The topological polar surface area (TPSA) is 75.7 Å². The van der Waals surface area contributed by atoms with Gasteiger partial charge in [0.25, 0.3) is 0 Å². The SMILES string of the molecule is CC[C@@H](C(=O)NCCOc1cccc(C)c1C)N(c1cc(Cl)cc(Cl)c1)S(C)(=O)=O. The molecule has 0 spiro atoms. The predicted octanol–water partition coefficient (Wildman–Crippen LogP) is 4.35. The molecular formula is C21H26Cl2N2O4S. The highest BCUT2D eigenvalue weighted by Crippen LogP contribution is 2.29. The van der Waals surface area contributed by atoms with Crippen molar-refractivity contribution >= 4 is 44.8 Å². The van der Waals surface area contributed by atoms with E-state index in [4.69, 9.17) is 27.9 Å². The van der Waals surface area contributed by atoms with Gasteiger partial charge in [-0.25, -0.2) is 8.42 Å². The molecule has 0 saturated carbocycles. The van der Waals surface area contributed by atoms with Crippen molar-refractivity contribution in [2.24, 2.45) is 0 Å². The van der Waals surface area contributed by atoms with Crippen molar-refractivity contribution in [2.45, 2.75) is 33.2 Å². The summed E-state index contributed by atoms with van der Waals surface area (Å²) in [5.41, 5.74) is 2.39. The molecule has 30 heavy (non-hydrogen) atoms. The minimum Gasteiger partial charge on any atom is -0.491 e. The molecule has 0 fully saturated rings. The van der Waals surface area contributed by atoms with E-state index in [0.717, 1.165) is 27.4 Å². The van der Waals surface area contributed by atoms with Crippen LogP contribution >= 0.6 is 23.2 Å². The largest absolute Gasteiger partial charge is 0.491 e. The lowest BCUT2D eigenvalue weighted by molar-refractivity contribution is -0.122. The van der Waals surface area contributed by atoms with Crippen molar-refractivity contribution in [1.82, 2.24) is 5.32 Å². The molecule has 0 heterocycles. The Labute approximate surface area is 188 Å². The molecule has 0 saturated heterocycles. The van der Waals surface area contributed by atoms with Crippen LogP contribution in [0.5, 0.6) is 5.75 Å². The maximum atomic E-state index is 12.8. The molecule has 2 aromatic carbocycles.